The minimum absolute atomic E-state index is 0.0880. The van der Waals surface area contributed by atoms with Crippen molar-refractivity contribution in [2.24, 2.45) is 0 Å². The van der Waals surface area contributed by atoms with Crippen LogP contribution < -0.4 is 0 Å². The average Bonchev–Trinajstić information content (AvgIpc) is 2.03. The molecular weight excluding hydrogens is 152 g/mol. The Morgan fingerprint density at radius 2 is 2.50 bits per heavy atom. The Hall–Kier alpha value is -1.69. The highest BCUT2D eigenvalue weighted by Crippen LogP contribution is 2.01. The molecule has 1 rings (SSSR count). The summed E-state index contributed by atoms with van der Waals surface area (Å²) in [6.07, 6.45) is 1.91. The zero-order chi connectivity index (χ0) is 8.97. The van der Waals surface area contributed by atoms with Crippen molar-refractivity contribution in [2.45, 2.75) is 13.3 Å². The molecule has 0 aromatic carbocycles. The van der Waals surface area contributed by atoms with Gasteiger partial charge in [0.2, 0.25) is 0 Å². The van der Waals surface area contributed by atoms with E-state index >= 15 is 0 Å². The standard InChI is InChI=1S/C9H8N2O/c1-7(12)4-8-2-3-11-9(5-8)6-10/h2-3,5H,4H2,1H3. The average molecular weight is 160 g/mol. The molecule has 0 atom stereocenters. The molecule has 3 heteroatoms. The van der Waals surface area contributed by atoms with Crippen molar-refractivity contribution < 1.29 is 4.79 Å². The molecule has 0 aliphatic rings. The van der Waals surface area contributed by atoms with Gasteiger partial charge in [0.1, 0.15) is 17.5 Å². The van der Waals surface area contributed by atoms with Crippen molar-refractivity contribution in [1.82, 2.24) is 4.98 Å². The number of aromatic nitrogens is 1. The fourth-order valence-electron chi connectivity index (χ4n) is 0.933. The first-order chi connectivity index (χ1) is 5.72. The number of rotatable bonds is 2. The lowest BCUT2D eigenvalue weighted by atomic mass is 10.1. The van der Waals surface area contributed by atoms with Crippen LogP contribution >= 0.6 is 0 Å². The van der Waals surface area contributed by atoms with Crippen molar-refractivity contribution >= 4 is 5.78 Å². The predicted octanol–water partition coefficient (Wildman–Crippen LogP) is 1.08. The molecule has 3 nitrogen and oxygen atoms in total. The van der Waals surface area contributed by atoms with Gasteiger partial charge in [-0.25, -0.2) is 4.98 Å². The van der Waals surface area contributed by atoms with Crippen LogP contribution in [0.1, 0.15) is 18.2 Å². The lowest BCUT2D eigenvalue weighted by molar-refractivity contribution is -0.116. The largest absolute Gasteiger partial charge is 0.300 e. The van der Waals surface area contributed by atoms with Crippen molar-refractivity contribution in [3.8, 4) is 6.07 Å². The number of Topliss-reactive ketones (excluding diaryl/α,β-unsaturated/α-hetero) is 1. The maximum Gasteiger partial charge on any atom is 0.140 e. The van der Waals surface area contributed by atoms with Crippen molar-refractivity contribution in [3.05, 3.63) is 29.6 Å². The summed E-state index contributed by atoms with van der Waals surface area (Å²) in [6, 6.07) is 5.28. The van der Waals surface area contributed by atoms with E-state index in [0.717, 1.165) is 5.56 Å². The van der Waals surface area contributed by atoms with Gasteiger partial charge in [-0.3, -0.25) is 4.79 Å². The molecular formula is C9H8N2O. The Labute approximate surface area is 70.7 Å². The highest BCUT2D eigenvalue weighted by atomic mass is 16.1. The Morgan fingerprint density at radius 1 is 1.75 bits per heavy atom. The van der Waals surface area contributed by atoms with Crippen molar-refractivity contribution in [1.29, 1.82) is 5.26 Å². The quantitative estimate of drug-likeness (QED) is 0.650. The van der Waals surface area contributed by atoms with Gasteiger partial charge >= 0.3 is 0 Å². The van der Waals surface area contributed by atoms with Gasteiger partial charge < -0.3 is 0 Å². The minimum atomic E-state index is 0.0880. The second kappa shape index (κ2) is 3.63. The normalized spacial score (nSPS) is 9.00. The topological polar surface area (TPSA) is 53.8 Å². The van der Waals surface area contributed by atoms with Crippen LogP contribution in [0.25, 0.3) is 0 Å². The summed E-state index contributed by atoms with van der Waals surface area (Å²) in [7, 11) is 0. The smallest absolute Gasteiger partial charge is 0.140 e. The molecule has 0 unspecified atom stereocenters. The van der Waals surface area contributed by atoms with Crippen LogP contribution in [-0.2, 0) is 11.2 Å². The summed E-state index contributed by atoms with van der Waals surface area (Å²) < 4.78 is 0. The summed E-state index contributed by atoms with van der Waals surface area (Å²) in [5, 5.41) is 8.50. The molecule has 0 radical (unpaired) electrons. The number of nitrogens with zero attached hydrogens (tertiary/aromatic N) is 2. The Kier molecular flexibility index (Phi) is 2.54. The van der Waals surface area contributed by atoms with E-state index in [0.29, 0.717) is 12.1 Å². The van der Waals surface area contributed by atoms with E-state index < -0.39 is 0 Å². The number of hydrogen-bond donors (Lipinski definition) is 0. The molecule has 0 N–H and O–H groups in total. The van der Waals surface area contributed by atoms with E-state index in [4.69, 9.17) is 5.26 Å². The summed E-state index contributed by atoms with van der Waals surface area (Å²) in [6.45, 7) is 1.52. The van der Waals surface area contributed by atoms with Gasteiger partial charge in [-0.2, -0.15) is 5.26 Å². The molecule has 12 heavy (non-hydrogen) atoms. The Morgan fingerprint density at radius 3 is 3.08 bits per heavy atom. The van der Waals surface area contributed by atoms with Gasteiger partial charge in [0.05, 0.1) is 0 Å². The molecule has 0 bridgehead atoms. The van der Waals surface area contributed by atoms with Gasteiger partial charge in [-0.15, -0.1) is 0 Å². The first-order valence-corrected chi connectivity index (χ1v) is 3.57. The van der Waals surface area contributed by atoms with Gasteiger partial charge in [0.15, 0.2) is 0 Å². The molecule has 0 saturated carbocycles. The first-order valence-electron chi connectivity index (χ1n) is 3.57. The zero-order valence-corrected chi connectivity index (χ0v) is 6.74. The summed E-state index contributed by atoms with van der Waals surface area (Å²) >= 11 is 0. The third-order valence-corrected chi connectivity index (χ3v) is 1.39. The third-order valence-electron chi connectivity index (χ3n) is 1.39. The fraction of sp³-hybridized carbons (Fsp3) is 0.222. The minimum Gasteiger partial charge on any atom is -0.300 e. The molecule has 0 amide bonds. The molecule has 1 heterocycles. The molecule has 0 aliphatic carbocycles. The lowest BCUT2D eigenvalue weighted by Gasteiger charge is -1.95. The number of pyridine rings is 1. The summed E-state index contributed by atoms with van der Waals surface area (Å²) in [5.41, 5.74) is 1.20. The summed E-state index contributed by atoms with van der Waals surface area (Å²) in [4.78, 5) is 14.5. The third kappa shape index (κ3) is 2.17. The lowest BCUT2D eigenvalue weighted by Crippen LogP contribution is -1.97. The van der Waals surface area contributed by atoms with E-state index in [-0.39, 0.29) is 5.78 Å². The predicted molar refractivity (Wildman–Crippen MR) is 43.3 cm³/mol. The Balaban J connectivity index is 2.88. The molecule has 60 valence electrons. The van der Waals surface area contributed by atoms with Crippen LogP contribution in [0.3, 0.4) is 0 Å². The second-order valence-electron chi connectivity index (χ2n) is 2.54. The number of carbonyl (C=O) groups is 1. The number of carbonyl (C=O) groups excluding carboxylic acids is 1. The number of ketones is 1. The first kappa shape index (κ1) is 8.41. The molecule has 0 aliphatic heterocycles. The molecule has 1 aromatic rings. The highest BCUT2D eigenvalue weighted by molar-refractivity contribution is 5.78. The molecule has 0 fully saturated rings. The maximum atomic E-state index is 10.7. The molecule has 0 saturated heterocycles. The van der Waals surface area contributed by atoms with Crippen LogP contribution in [0.5, 0.6) is 0 Å². The van der Waals surface area contributed by atoms with E-state index in [2.05, 4.69) is 4.98 Å². The van der Waals surface area contributed by atoms with E-state index in [1.165, 1.54) is 13.1 Å². The second-order valence-corrected chi connectivity index (χ2v) is 2.54. The van der Waals surface area contributed by atoms with Crippen LogP contribution in [-0.4, -0.2) is 10.8 Å². The maximum absolute atomic E-state index is 10.7. The van der Waals surface area contributed by atoms with E-state index in [1.807, 2.05) is 6.07 Å². The number of hydrogen-bond acceptors (Lipinski definition) is 3. The Bertz CT molecular complexity index is 339. The van der Waals surface area contributed by atoms with Crippen molar-refractivity contribution in [2.75, 3.05) is 0 Å². The fourth-order valence-corrected chi connectivity index (χ4v) is 0.933. The van der Waals surface area contributed by atoms with E-state index in [1.54, 1.807) is 12.1 Å². The zero-order valence-electron chi connectivity index (χ0n) is 6.74. The molecule has 0 spiro atoms. The van der Waals surface area contributed by atoms with Crippen LogP contribution in [0, 0.1) is 11.3 Å². The van der Waals surface area contributed by atoms with Crippen molar-refractivity contribution in [3.63, 3.8) is 0 Å². The highest BCUT2D eigenvalue weighted by Gasteiger charge is 1.98. The van der Waals surface area contributed by atoms with Crippen LogP contribution in [0.15, 0.2) is 18.3 Å². The van der Waals surface area contributed by atoms with Crippen LogP contribution in [0.4, 0.5) is 0 Å². The van der Waals surface area contributed by atoms with Gasteiger partial charge in [0, 0.05) is 12.6 Å². The monoisotopic (exact) mass is 160 g/mol. The summed E-state index contributed by atoms with van der Waals surface area (Å²) in [5.74, 6) is 0.0880. The molecule has 1 aromatic heterocycles. The van der Waals surface area contributed by atoms with E-state index in [9.17, 15) is 4.79 Å². The van der Waals surface area contributed by atoms with Gasteiger partial charge in [-0.1, -0.05) is 0 Å². The van der Waals surface area contributed by atoms with Crippen LogP contribution in [0.2, 0.25) is 0 Å². The van der Waals surface area contributed by atoms with Gasteiger partial charge in [0.25, 0.3) is 0 Å². The SMILES string of the molecule is CC(=O)Cc1ccnc(C#N)c1. The number of nitriles is 1. The van der Waals surface area contributed by atoms with Gasteiger partial charge in [-0.05, 0) is 24.6 Å².